The van der Waals surface area contributed by atoms with E-state index in [1.54, 1.807) is 0 Å². The van der Waals surface area contributed by atoms with E-state index in [0.717, 1.165) is 32.1 Å². The van der Waals surface area contributed by atoms with Crippen molar-refractivity contribution in [3.05, 3.63) is 0 Å². The molecule has 31 heavy (non-hydrogen) atoms. The van der Waals surface area contributed by atoms with Crippen LogP contribution in [0.15, 0.2) is 0 Å². The van der Waals surface area contributed by atoms with Gasteiger partial charge in [0.25, 0.3) is 0 Å². The molecule has 1 amide bonds. The summed E-state index contributed by atoms with van der Waals surface area (Å²) in [6, 6.07) is -0.574. The summed E-state index contributed by atoms with van der Waals surface area (Å²) in [4.78, 5) is 12.1. The maximum absolute atomic E-state index is 12.1. The Kier molecular flexibility index (Phi) is 22.1. The van der Waals surface area contributed by atoms with Gasteiger partial charge in [-0.3, -0.25) is 4.79 Å². The van der Waals surface area contributed by atoms with E-state index >= 15 is 0 Å². The Morgan fingerprint density at radius 1 is 0.710 bits per heavy atom. The second-order valence-electron chi connectivity index (χ2n) is 9.31. The number of aliphatic hydroxyl groups is 2. The molecule has 0 saturated carbocycles. The van der Waals surface area contributed by atoms with E-state index in [-0.39, 0.29) is 12.5 Å². The second-order valence-corrected chi connectivity index (χ2v) is 9.31. The lowest BCUT2D eigenvalue weighted by Gasteiger charge is -2.26. The van der Waals surface area contributed by atoms with Gasteiger partial charge in [0, 0.05) is 13.0 Å². The third kappa shape index (κ3) is 18.6. The molecule has 5 N–H and O–H groups in total. The highest BCUT2D eigenvalue weighted by Gasteiger charge is 2.26. The lowest BCUT2D eigenvalue weighted by molar-refractivity contribution is -0.123. The Labute approximate surface area is 193 Å². The molecule has 0 fully saturated rings. The molecule has 5 heteroatoms. The first kappa shape index (κ1) is 30.4. The zero-order valence-corrected chi connectivity index (χ0v) is 20.8. The second kappa shape index (κ2) is 22.5. The van der Waals surface area contributed by atoms with Gasteiger partial charge in [0.15, 0.2) is 0 Å². The van der Waals surface area contributed by atoms with Crippen molar-refractivity contribution in [3.8, 4) is 0 Å². The lowest BCUT2D eigenvalue weighted by Crippen LogP contribution is -2.52. The average Bonchev–Trinajstić information content (AvgIpc) is 2.77. The molecular formula is C26H54N2O3. The van der Waals surface area contributed by atoms with Crippen molar-refractivity contribution in [1.29, 1.82) is 0 Å². The molecule has 0 radical (unpaired) electrons. The first-order chi connectivity index (χ1) is 15.1. The molecule has 186 valence electrons. The highest BCUT2D eigenvalue weighted by atomic mass is 16.3. The van der Waals surface area contributed by atoms with Crippen molar-refractivity contribution in [3.63, 3.8) is 0 Å². The fourth-order valence-corrected chi connectivity index (χ4v) is 4.09. The van der Waals surface area contributed by atoms with Gasteiger partial charge in [-0.2, -0.15) is 0 Å². The van der Waals surface area contributed by atoms with Gasteiger partial charge >= 0.3 is 0 Å². The van der Waals surface area contributed by atoms with Gasteiger partial charge in [0.2, 0.25) is 5.91 Å². The molecule has 0 rings (SSSR count). The molecule has 0 bridgehead atoms. The first-order valence-corrected chi connectivity index (χ1v) is 13.4. The number of rotatable bonds is 23. The van der Waals surface area contributed by atoms with E-state index in [2.05, 4.69) is 19.2 Å². The Morgan fingerprint density at radius 3 is 1.58 bits per heavy atom. The Balaban J connectivity index is 3.76. The summed E-state index contributed by atoms with van der Waals surface area (Å²) in [5, 5.41) is 23.5. The summed E-state index contributed by atoms with van der Waals surface area (Å²) in [6.45, 7) is 4.56. The molecule has 5 nitrogen and oxygen atoms in total. The summed E-state index contributed by atoms with van der Waals surface area (Å²) < 4.78 is 0. The van der Waals surface area contributed by atoms with Crippen LogP contribution in [0.5, 0.6) is 0 Å². The zero-order chi connectivity index (χ0) is 23.2. The molecule has 0 aromatic rings. The third-order valence-electron chi connectivity index (χ3n) is 6.27. The topological polar surface area (TPSA) is 95.6 Å². The van der Waals surface area contributed by atoms with Gasteiger partial charge in [-0.05, 0) is 12.8 Å². The van der Waals surface area contributed by atoms with Crippen LogP contribution in [-0.4, -0.2) is 40.9 Å². The molecular weight excluding hydrogens is 388 g/mol. The van der Waals surface area contributed by atoms with Gasteiger partial charge in [-0.1, -0.05) is 117 Å². The highest BCUT2D eigenvalue weighted by molar-refractivity contribution is 5.76. The number of carbonyl (C=O) groups excluding carboxylic acids is 1. The Morgan fingerprint density at radius 2 is 1.13 bits per heavy atom. The minimum atomic E-state index is -0.998. The van der Waals surface area contributed by atoms with E-state index in [0.29, 0.717) is 12.8 Å². The number of nitrogens with one attached hydrogen (secondary N) is 1. The predicted octanol–water partition coefficient (Wildman–Crippen LogP) is 5.60. The highest BCUT2D eigenvalue weighted by Crippen LogP contribution is 2.14. The molecule has 0 aliphatic carbocycles. The molecule has 0 aliphatic rings. The largest absolute Gasteiger partial charge is 0.390 e. The van der Waals surface area contributed by atoms with E-state index < -0.39 is 18.2 Å². The quantitative estimate of drug-likeness (QED) is 0.155. The van der Waals surface area contributed by atoms with Crippen molar-refractivity contribution < 1.29 is 15.0 Å². The lowest BCUT2D eigenvalue weighted by atomic mass is 9.99. The summed E-state index contributed by atoms with van der Waals surface area (Å²) >= 11 is 0. The Bertz CT molecular complexity index is 393. The molecule has 0 aromatic heterocycles. The van der Waals surface area contributed by atoms with Crippen molar-refractivity contribution in [1.82, 2.24) is 5.32 Å². The molecule has 0 heterocycles. The summed E-state index contributed by atoms with van der Waals surface area (Å²) in [7, 11) is 0. The van der Waals surface area contributed by atoms with Crippen LogP contribution >= 0.6 is 0 Å². The van der Waals surface area contributed by atoms with Crippen LogP contribution < -0.4 is 11.1 Å². The zero-order valence-electron chi connectivity index (χ0n) is 20.8. The van der Waals surface area contributed by atoms with Gasteiger partial charge in [0.05, 0.1) is 12.1 Å². The van der Waals surface area contributed by atoms with Crippen molar-refractivity contribution in [2.45, 2.75) is 154 Å². The van der Waals surface area contributed by atoms with Crippen LogP contribution in [0.4, 0.5) is 0 Å². The van der Waals surface area contributed by atoms with Crippen LogP contribution in [0.25, 0.3) is 0 Å². The molecule has 0 aromatic carbocycles. The molecule has 0 unspecified atom stereocenters. The molecule has 0 aliphatic heterocycles. The summed E-state index contributed by atoms with van der Waals surface area (Å²) in [5.74, 6) is -0.0800. The Hall–Kier alpha value is -0.650. The van der Waals surface area contributed by atoms with Crippen molar-refractivity contribution >= 4 is 5.91 Å². The van der Waals surface area contributed by atoms with Crippen LogP contribution in [0, 0.1) is 0 Å². The van der Waals surface area contributed by atoms with Crippen LogP contribution in [-0.2, 0) is 4.79 Å². The normalized spacial score (nSPS) is 14.4. The van der Waals surface area contributed by atoms with E-state index in [9.17, 15) is 15.0 Å². The molecule has 3 atom stereocenters. The van der Waals surface area contributed by atoms with Gasteiger partial charge in [0.1, 0.15) is 6.10 Å². The first-order valence-electron chi connectivity index (χ1n) is 13.4. The van der Waals surface area contributed by atoms with Crippen molar-refractivity contribution in [2.75, 3.05) is 6.54 Å². The SMILES string of the molecule is CCCCCCCCCCCCCC[C@@H](O)[C@@H](O)[C@H](CN)NC(=O)CCCCCCC. The minimum Gasteiger partial charge on any atom is -0.390 e. The number of hydrogen-bond donors (Lipinski definition) is 4. The number of aliphatic hydroxyl groups excluding tert-OH is 2. The minimum absolute atomic E-state index is 0.0800. The van der Waals surface area contributed by atoms with Gasteiger partial charge < -0.3 is 21.3 Å². The summed E-state index contributed by atoms with van der Waals surface area (Å²) in [5.41, 5.74) is 5.74. The van der Waals surface area contributed by atoms with Crippen molar-refractivity contribution in [2.24, 2.45) is 5.73 Å². The predicted molar refractivity (Wildman–Crippen MR) is 132 cm³/mol. The number of nitrogens with two attached hydrogens (primary N) is 1. The van der Waals surface area contributed by atoms with E-state index in [1.165, 1.54) is 77.0 Å². The number of hydrogen-bond acceptors (Lipinski definition) is 4. The van der Waals surface area contributed by atoms with Crippen LogP contribution in [0.1, 0.15) is 136 Å². The standard InChI is InChI=1S/C26H54N2O3/c1-3-5-7-9-10-11-12-13-14-15-17-18-20-24(29)26(31)23(22-27)28-25(30)21-19-16-8-6-4-2/h23-24,26,29,31H,3-22,27H2,1-2H3,(H,28,30)/t23-,24+,26-/m0/s1. The fourth-order valence-electron chi connectivity index (χ4n) is 4.09. The maximum Gasteiger partial charge on any atom is 0.220 e. The van der Waals surface area contributed by atoms with Gasteiger partial charge in [-0.25, -0.2) is 0 Å². The van der Waals surface area contributed by atoms with E-state index in [1.807, 2.05) is 0 Å². The maximum atomic E-state index is 12.1. The fraction of sp³-hybridized carbons (Fsp3) is 0.962. The molecule has 0 saturated heterocycles. The number of amides is 1. The molecule has 0 spiro atoms. The van der Waals surface area contributed by atoms with Crippen LogP contribution in [0.3, 0.4) is 0 Å². The third-order valence-corrected chi connectivity index (χ3v) is 6.27. The summed E-state index contributed by atoms with van der Waals surface area (Å²) in [6.07, 6.45) is 19.9. The average molecular weight is 443 g/mol. The van der Waals surface area contributed by atoms with Gasteiger partial charge in [-0.15, -0.1) is 0 Å². The number of carbonyl (C=O) groups is 1. The monoisotopic (exact) mass is 442 g/mol. The smallest absolute Gasteiger partial charge is 0.220 e. The van der Waals surface area contributed by atoms with Crippen LogP contribution in [0.2, 0.25) is 0 Å². The van der Waals surface area contributed by atoms with E-state index in [4.69, 9.17) is 5.73 Å². The number of unbranched alkanes of at least 4 members (excludes halogenated alkanes) is 15.